The van der Waals surface area contributed by atoms with Crippen molar-refractivity contribution in [3.8, 4) is 0 Å². The first-order valence-corrected chi connectivity index (χ1v) is 5.99. The minimum atomic E-state index is -0.0116. The lowest BCUT2D eigenvalue weighted by Gasteiger charge is -2.19. The van der Waals surface area contributed by atoms with Gasteiger partial charge in [0.1, 0.15) is 0 Å². The van der Waals surface area contributed by atoms with Crippen molar-refractivity contribution in [1.29, 1.82) is 0 Å². The van der Waals surface area contributed by atoms with E-state index in [4.69, 9.17) is 0 Å². The third kappa shape index (κ3) is 3.32. The Bertz CT molecular complexity index is 309. The van der Waals surface area contributed by atoms with Crippen LogP contribution in [0.3, 0.4) is 0 Å². The monoisotopic (exact) mass is 225 g/mol. The second-order valence-corrected chi connectivity index (χ2v) is 4.56. The van der Waals surface area contributed by atoms with E-state index in [-0.39, 0.29) is 12.6 Å². The Kier molecular flexibility index (Phi) is 4.96. The second kappa shape index (κ2) is 6.01. The van der Waals surface area contributed by atoms with E-state index >= 15 is 0 Å². The van der Waals surface area contributed by atoms with Crippen LogP contribution in [-0.4, -0.2) is 27.5 Å². The van der Waals surface area contributed by atoms with Crippen molar-refractivity contribution in [2.24, 2.45) is 0 Å². The molecule has 0 aliphatic heterocycles. The van der Waals surface area contributed by atoms with Crippen LogP contribution >= 0.6 is 0 Å². The number of rotatable bonds is 6. The number of nitrogens with zero attached hydrogens (tertiary/aromatic N) is 2. The maximum Gasteiger partial charge on any atom is 0.0627 e. The molecule has 1 rings (SSSR count). The highest BCUT2D eigenvalue weighted by molar-refractivity contribution is 5.11. The summed E-state index contributed by atoms with van der Waals surface area (Å²) in [7, 11) is 0. The highest BCUT2D eigenvalue weighted by Gasteiger charge is 2.14. The maximum atomic E-state index is 9.37. The highest BCUT2D eigenvalue weighted by atomic mass is 16.3. The van der Waals surface area contributed by atoms with E-state index in [9.17, 15) is 5.11 Å². The van der Waals surface area contributed by atoms with Crippen LogP contribution in [0, 0.1) is 0 Å². The predicted molar refractivity (Wildman–Crippen MR) is 65.3 cm³/mol. The van der Waals surface area contributed by atoms with Crippen LogP contribution in [0.2, 0.25) is 0 Å². The van der Waals surface area contributed by atoms with Gasteiger partial charge in [0, 0.05) is 23.8 Å². The Morgan fingerprint density at radius 3 is 2.56 bits per heavy atom. The van der Waals surface area contributed by atoms with E-state index in [1.54, 1.807) is 0 Å². The second-order valence-electron chi connectivity index (χ2n) is 4.56. The molecule has 0 saturated heterocycles. The Morgan fingerprint density at radius 2 is 2.12 bits per heavy atom. The number of aromatic nitrogens is 2. The van der Waals surface area contributed by atoms with Crippen LogP contribution in [-0.2, 0) is 0 Å². The molecule has 0 saturated carbocycles. The van der Waals surface area contributed by atoms with Crippen molar-refractivity contribution in [3.05, 3.63) is 18.0 Å². The first-order chi connectivity index (χ1) is 7.58. The topological polar surface area (TPSA) is 50.1 Å². The molecule has 16 heavy (non-hydrogen) atoms. The van der Waals surface area contributed by atoms with Crippen LogP contribution in [0.5, 0.6) is 0 Å². The summed E-state index contributed by atoms with van der Waals surface area (Å²) in [5, 5.41) is 17.0. The molecule has 92 valence electrons. The Labute approximate surface area is 97.7 Å². The van der Waals surface area contributed by atoms with E-state index in [0.717, 1.165) is 12.0 Å². The van der Waals surface area contributed by atoms with Gasteiger partial charge in [-0.2, -0.15) is 5.10 Å². The fourth-order valence-electron chi connectivity index (χ4n) is 1.53. The van der Waals surface area contributed by atoms with Gasteiger partial charge in [0.25, 0.3) is 0 Å². The molecule has 1 aromatic rings. The molecule has 2 atom stereocenters. The van der Waals surface area contributed by atoms with E-state index in [0.29, 0.717) is 12.1 Å². The van der Waals surface area contributed by atoms with Gasteiger partial charge in [-0.1, -0.05) is 6.92 Å². The lowest BCUT2D eigenvalue weighted by molar-refractivity contribution is 0.234. The van der Waals surface area contributed by atoms with Crippen molar-refractivity contribution < 1.29 is 5.11 Å². The molecule has 0 radical (unpaired) electrons. The van der Waals surface area contributed by atoms with E-state index in [1.807, 2.05) is 17.1 Å². The normalized spacial score (nSPS) is 15.4. The molecule has 0 bridgehead atoms. The molecule has 4 nitrogen and oxygen atoms in total. The Morgan fingerprint density at radius 1 is 1.44 bits per heavy atom. The Hall–Kier alpha value is -0.870. The zero-order valence-electron chi connectivity index (χ0n) is 10.6. The molecule has 0 aliphatic rings. The van der Waals surface area contributed by atoms with Gasteiger partial charge < -0.3 is 10.4 Å². The summed E-state index contributed by atoms with van der Waals surface area (Å²) in [6.45, 7) is 8.53. The quantitative estimate of drug-likeness (QED) is 0.777. The fraction of sp³-hybridized carbons (Fsp3) is 0.750. The van der Waals surface area contributed by atoms with Gasteiger partial charge in [0.2, 0.25) is 0 Å². The molecule has 1 heterocycles. The van der Waals surface area contributed by atoms with Crippen molar-refractivity contribution in [2.75, 3.05) is 6.61 Å². The highest BCUT2D eigenvalue weighted by Crippen LogP contribution is 2.14. The summed E-state index contributed by atoms with van der Waals surface area (Å²) in [6, 6.07) is 0.749. The molecular weight excluding hydrogens is 202 g/mol. The standard InChI is InChI=1S/C12H23N3O/c1-5-10(4)14-12(8-16)11-6-13-15(7-11)9(2)3/h6-7,9-10,12,14,16H,5,8H2,1-4H3. The van der Waals surface area contributed by atoms with Crippen LogP contribution in [0.15, 0.2) is 12.4 Å². The van der Waals surface area contributed by atoms with Crippen molar-refractivity contribution in [3.63, 3.8) is 0 Å². The summed E-state index contributed by atoms with van der Waals surface area (Å²) in [5.74, 6) is 0. The van der Waals surface area contributed by atoms with Gasteiger partial charge >= 0.3 is 0 Å². The van der Waals surface area contributed by atoms with Gasteiger partial charge in [-0.25, -0.2) is 0 Å². The number of nitrogens with one attached hydrogen (secondary N) is 1. The molecule has 0 aliphatic carbocycles. The SMILES string of the molecule is CCC(C)NC(CO)c1cnn(C(C)C)c1. The van der Waals surface area contributed by atoms with Gasteiger partial charge in [-0.15, -0.1) is 0 Å². The van der Waals surface area contributed by atoms with Gasteiger partial charge in [-0.3, -0.25) is 4.68 Å². The van der Waals surface area contributed by atoms with Gasteiger partial charge in [0.15, 0.2) is 0 Å². The minimum absolute atomic E-state index is 0.0116. The summed E-state index contributed by atoms with van der Waals surface area (Å²) in [6.07, 6.45) is 4.88. The van der Waals surface area contributed by atoms with Crippen molar-refractivity contribution >= 4 is 0 Å². The average molecular weight is 225 g/mol. The summed E-state index contributed by atoms with van der Waals surface area (Å²) in [4.78, 5) is 0. The molecular formula is C12H23N3O. The molecule has 0 amide bonds. The maximum absolute atomic E-state index is 9.37. The molecule has 1 aromatic heterocycles. The predicted octanol–water partition coefficient (Wildman–Crippen LogP) is 1.89. The van der Waals surface area contributed by atoms with Crippen LogP contribution in [0.25, 0.3) is 0 Å². The average Bonchev–Trinajstić information content (AvgIpc) is 2.74. The Balaban J connectivity index is 2.71. The largest absolute Gasteiger partial charge is 0.394 e. The fourth-order valence-corrected chi connectivity index (χ4v) is 1.53. The number of hydrogen-bond acceptors (Lipinski definition) is 3. The molecule has 2 N–H and O–H groups in total. The smallest absolute Gasteiger partial charge is 0.0627 e. The van der Waals surface area contributed by atoms with E-state index in [2.05, 4.69) is 38.1 Å². The number of aliphatic hydroxyl groups excluding tert-OH is 1. The number of aliphatic hydroxyl groups is 1. The molecule has 4 heteroatoms. The van der Waals surface area contributed by atoms with Crippen LogP contribution < -0.4 is 5.32 Å². The van der Waals surface area contributed by atoms with Crippen molar-refractivity contribution in [2.45, 2.75) is 52.2 Å². The summed E-state index contributed by atoms with van der Waals surface area (Å²) < 4.78 is 1.91. The lowest BCUT2D eigenvalue weighted by Crippen LogP contribution is -2.31. The molecule has 0 spiro atoms. The first kappa shape index (κ1) is 13.2. The summed E-state index contributed by atoms with van der Waals surface area (Å²) in [5.41, 5.74) is 1.05. The minimum Gasteiger partial charge on any atom is -0.394 e. The third-order valence-corrected chi connectivity index (χ3v) is 2.83. The van der Waals surface area contributed by atoms with E-state index < -0.39 is 0 Å². The van der Waals surface area contributed by atoms with Gasteiger partial charge in [-0.05, 0) is 27.2 Å². The molecule has 0 fully saturated rings. The first-order valence-electron chi connectivity index (χ1n) is 5.99. The lowest BCUT2D eigenvalue weighted by atomic mass is 10.1. The van der Waals surface area contributed by atoms with Gasteiger partial charge in [0.05, 0.1) is 18.8 Å². The van der Waals surface area contributed by atoms with Crippen LogP contribution in [0.1, 0.15) is 51.8 Å². The van der Waals surface area contributed by atoms with E-state index in [1.165, 1.54) is 0 Å². The number of hydrogen-bond donors (Lipinski definition) is 2. The molecule has 0 aromatic carbocycles. The van der Waals surface area contributed by atoms with Crippen molar-refractivity contribution in [1.82, 2.24) is 15.1 Å². The zero-order valence-corrected chi connectivity index (χ0v) is 10.6. The van der Waals surface area contributed by atoms with Crippen LogP contribution in [0.4, 0.5) is 0 Å². The third-order valence-electron chi connectivity index (χ3n) is 2.83. The summed E-state index contributed by atoms with van der Waals surface area (Å²) >= 11 is 0. The molecule has 2 unspecified atom stereocenters. The zero-order chi connectivity index (χ0) is 12.1.